The second kappa shape index (κ2) is 5.92. The highest BCUT2D eigenvalue weighted by molar-refractivity contribution is 5.94. The molecule has 0 aliphatic heterocycles. The minimum absolute atomic E-state index is 0.164. The molecule has 3 heterocycles. The number of carbonyl (C=O) groups is 1. The largest absolute Gasteiger partial charge is 0.346 e. The van der Waals surface area contributed by atoms with Gasteiger partial charge in [0, 0.05) is 17.3 Å². The number of rotatable bonds is 3. The molecular formula is C17H17N5O2. The number of fused-ring (bicyclic) bond motifs is 2. The average molecular weight is 323 g/mol. The standard InChI is InChI=1S/C17H17N5O2/c23-16(12-8-10-4-1-2-6-13(10)20-17(12)24)19-9-14-11-5-3-7-18-15(11)22-21-14/h3,5,7-8H,1-2,4,6,9H2,(H,19,23)(H,20,24)(H,18,21,22). The van der Waals surface area contributed by atoms with Crippen molar-refractivity contribution in [2.75, 3.05) is 0 Å². The first-order chi connectivity index (χ1) is 11.7. The Bertz CT molecular complexity index is 973. The Morgan fingerprint density at radius 3 is 3.08 bits per heavy atom. The maximum Gasteiger partial charge on any atom is 0.261 e. The third-order valence-corrected chi connectivity index (χ3v) is 4.42. The van der Waals surface area contributed by atoms with Crippen molar-refractivity contribution in [3.8, 4) is 0 Å². The zero-order chi connectivity index (χ0) is 16.5. The Morgan fingerprint density at radius 2 is 2.17 bits per heavy atom. The number of aromatic amines is 2. The molecule has 1 aliphatic rings. The van der Waals surface area contributed by atoms with Crippen LogP contribution in [0.5, 0.6) is 0 Å². The number of nitrogens with one attached hydrogen (secondary N) is 3. The van der Waals surface area contributed by atoms with Crippen LogP contribution in [0.15, 0.2) is 29.2 Å². The normalized spacial score (nSPS) is 13.7. The van der Waals surface area contributed by atoms with Gasteiger partial charge in [-0.2, -0.15) is 5.10 Å². The topological polar surface area (TPSA) is 104 Å². The highest BCUT2D eigenvalue weighted by Crippen LogP contribution is 2.18. The van der Waals surface area contributed by atoms with Gasteiger partial charge in [-0.15, -0.1) is 0 Å². The molecule has 3 aromatic rings. The van der Waals surface area contributed by atoms with Crippen LogP contribution in [0.4, 0.5) is 0 Å². The minimum atomic E-state index is -0.378. The van der Waals surface area contributed by atoms with E-state index in [0.29, 0.717) is 5.65 Å². The molecule has 1 amide bonds. The Labute approximate surface area is 137 Å². The van der Waals surface area contributed by atoms with Crippen LogP contribution in [0.2, 0.25) is 0 Å². The van der Waals surface area contributed by atoms with Gasteiger partial charge in [0.25, 0.3) is 11.5 Å². The van der Waals surface area contributed by atoms with Crippen molar-refractivity contribution in [1.82, 2.24) is 25.5 Å². The molecule has 3 N–H and O–H groups in total. The lowest BCUT2D eigenvalue weighted by molar-refractivity contribution is 0.0949. The van der Waals surface area contributed by atoms with Crippen LogP contribution in [-0.2, 0) is 19.4 Å². The van der Waals surface area contributed by atoms with Crippen LogP contribution in [0.3, 0.4) is 0 Å². The number of nitrogens with zero attached hydrogens (tertiary/aromatic N) is 2. The number of H-pyrrole nitrogens is 2. The number of carbonyl (C=O) groups excluding carboxylic acids is 1. The van der Waals surface area contributed by atoms with Gasteiger partial charge in [0.15, 0.2) is 5.65 Å². The van der Waals surface area contributed by atoms with E-state index in [0.717, 1.165) is 48.0 Å². The van der Waals surface area contributed by atoms with E-state index in [2.05, 4.69) is 25.5 Å². The van der Waals surface area contributed by atoms with Crippen molar-refractivity contribution < 1.29 is 4.79 Å². The molecule has 0 saturated carbocycles. The minimum Gasteiger partial charge on any atom is -0.346 e. The van der Waals surface area contributed by atoms with Crippen molar-refractivity contribution in [3.63, 3.8) is 0 Å². The SMILES string of the molecule is O=C(NCc1[nH]nc2ncccc12)c1cc2c([nH]c1=O)CCCC2. The first kappa shape index (κ1) is 14.6. The summed E-state index contributed by atoms with van der Waals surface area (Å²) in [7, 11) is 0. The number of hydrogen-bond acceptors (Lipinski definition) is 4. The lowest BCUT2D eigenvalue weighted by atomic mass is 9.95. The molecule has 1 aliphatic carbocycles. The van der Waals surface area contributed by atoms with E-state index >= 15 is 0 Å². The summed E-state index contributed by atoms with van der Waals surface area (Å²) >= 11 is 0. The summed E-state index contributed by atoms with van der Waals surface area (Å²) in [6.07, 6.45) is 5.61. The van der Waals surface area contributed by atoms with E-state index in [1.54, 1.807) is 12.3 Å². The Balaban J connectivity index is 1.55. The van der Waals surface area contributed by atoms with Crippen LogP contribution in [0.1, 0.15) is 40.2 Å². The second-order valence-corrected chi connectivity index (χ2v) is 5.98. The molecule has 7 nitrogen and oxygen atoms in total. The summed E-state index contributed by atoms with van der Waals surface area (Å²) in [6, 6.07) is 5.44. The fourth-order valence-electron chi connectivity index (χ4n) is 3.14. The Morgan fingerprint density at radius 1 is 1.29 bits per heavy atom. The fourth-order valence-corrected chi connectivity index (χ4v) is 3.14. The molecule has 0 atom stereocenters. The maximum atomic E-state index is 12.4. The quantitative estimate of drug-likeness (QED) is 0.678. The average Bonchev–Trinajstić information content (AvgIpc) is 3.02. The van der Waals surface area contributed by atoms with E-state index in [1.165, 1.54) is 0 Å². The molecular weight excluding hydrogens is 306 g/mol. The number of pyridine rings is 2. The number of hydrogen-bond donors (Lipinski definition) is 3. The van der Waals surface area contributed by atoms with Crippen LogP contribution in [0.25, 0.3) is 11.0 Å². The second-order valence-electron chi connectivity index (χ2n) is 5.98. The van der Waals surface area contributed by atoms with Gasteiger partial charge >= 0.3 is 0 Å². The first-order valence-electron chi connectivity index (χ1n) is 8.03. The summed E-state index contributed by atoms with van der Waals surface area (Å²) in [4.78, 5) is 31.6. The monoisotopic (exact) mass is 323 g/mol. The van der Waals surface area contributed by atoms with Crippen molar-refractivity contribution in [2.24, 2.45) is 0 Å². The third-order valence-electron chi connectivity index (χ3n) is 4.42. The molecule has 0 aromatic carbocycles. The van der Waals surface area contributed by atoms with E-state index < -0.39 is 0 Å². The van der Waals surface area contributed by atoms with Crippen molar-refractivity contribution in [2.45, 2.75) is 32.2 Å². The van der Waals surface area contributed by atoms with E-state index in [4.69, 9.17) is 0 Å². The third kappa shape index (κ3) is 2.58. The summed E-state index contributed by atoms with van der Waals surface area (Å²) in [5.74, 6) is -0.378. The molecule has 0 unspecified atom stereocenters. The smallest absolute Gasteiger partial charge is 0.261 e. The first-order valence-corrected chi connectivity index (χ1v) is 8.03. The zero-order valence-electron chi connectivity index (χ0n) is 13.1. The van der Waals surface area contributed by atoms with Gasteiger partial charge < -0.3 is 10.3 Å². The molecule has 24 heavy (non-hydrogen) atoms. The van der Waals surface area contributed by atoms with Gasteiger partial charge in [-0.1, -0.05) is 0 Å². The Hall–Kier alpha value is -2.96. The van der Waals surface area contributed by atoms with Crippen LogP contribution >= 0.6 is 0 Å². The molecule has 0 bridgehead atoms. The number of aryl methyl sites for hydroxylation is 2. The van der Waals surface area contributed by atoms with Gasteiger partial charge in [-0.3, -0.25) is 14.7 Å². The molecule has 0 saturated heterocycles. The van der Waals surface area contributed by atoms with E-state index in [1.807, 2.05) is 12.1 Å². The van der Waals surface area contributed by atoms with Crippen molar-refractivity contribution >= 4 is 16.9 Å². The zero-order valence-corrected chi connectivity index (χ0v) is 13.1. The lowest BCUT2D eigenvalue weighted by Crippen LogP contribution is -2.30. The van der Waals surface area contributed by atoms with Crippen LogP contribution in [-0.4, -0.2) is 26.1 Å². The van der Waals surface area contributed by atoms with Crippen LogP contribution < -0.4 is 10.9 Å². The number of aromatic nitrogens is 4. The summed E-state index contributed by atoms with van der Waals surface area (Å²) < 4.78 is 0. The Kier molecular flexibility index (Phi) is 3.60. The van der Waals surface area contributed by atoms with Gasteiger partial charge in [0.1, 0.15) is 5.56 Å². The summed E-state index contributed by atoms with van der Waals surface area (Å²) in [5, 5.41) is 10.6. The summed E-state index contributed by atoms with van der Waals surface area (Å²) in [5.41, 5.74) is 3.24. The van der Waals surface area contributed by atoms with Crippen molar-refractivity contribution in [3.05, 3.63) is 57.3 Å². The molecule has 0 radical (unpaired) electrons. The molecule has 3 aromatic heterocycles. The van der Waals surface area contributed by atoms with Gasteiger partial charge in [-0.05, 0) is 49.4 Å². The molecule has 0 fully saturated rings. The van der Waals surface area contributed by atoms with E-state index in [-0.39, 0.29) is 23.6 Å². The molecule has 7 heteroatoms. The van der Waals surface area contributed by atoms with E-state index in [9.17, 15) is 9.59 Å². The van der Waals surface area contributed by atoms with Crippen LogP contribution in [0, 0.1) is 0 Å². The molecule has 0 spiro atoms. The maximum absolute atomic E-state index is 12.4. The van der Waals surface area contributed by atoms with Gasteiger partial charge in [0.2, 0.25) is 0 Å². The highest BCUT2D eigenvalue weighted by atomic mass is 16.2. The number of amides is 1. The van der Waals surface area contributed by atoms with Crippen molar-refractivity contribution in [1.29, 1.82) is 0 Å². The lowest BCUT2D eigenvalue weighted by Gasteiger charge is -2.15. The summed E-state index contributed by atoms with van der Waals surface area (Å²) in [6.45, 7) is 0.261. The highest BCUT2D eigenvalue weighted by Gasteiger charge is 2.17. The molecule has 122 valence electrons. The predicted octanol–water partition coefficient (Wildman–Crippen LogP) is 1.45. The van der Waals surface area contributed by atoms with Gasteiger partial charge in [-0.25, -0.2) is 4.98 Å². The fraction of sp³-hybridized carbons (Fsp3) is 0.294. The predicted molar refractivity (Wildman–Crippen MR) is 88.8 cm³/mol. The molecule has 4 rings (SSSR count). The van der Waals surface area contributed by atoms with Gasteiger partial charge in [0.05, 0.1) is 12.2 Å².